The Labute approximate surface area is 172 Å². The van der Waals surface area contributed by atoms with Crippen LogP contribution in [-0.2, 0) is 15.0 Å². The minimum atomic E-state index is -5.08. The second kappa shape index (κ2) is 8.77. The first-order chi connectivity index (χ1) is 14.2. The van der Waals surface area contributed by atoms with E-state index in [0.29, 0.717) is 0 Å². The molecule has 1 amide bonds. The number of hydrogen-bond donors (Lipinski definition) is 2. The van der Waals surface area contributed by atoms with Gasteiger partial charge in [-0.25, -0.2) is 4.79 Å². The van der Waals surface area contributed by atoms with E-state index in [-0.39, 0.29) is 11.3 Å². The summed E-state index contributed by atoms with van der Waals surface area (Å²) < 4.78 is 31.7. The fourth-order valence-electron chi connectivity index (χ4n) is 3.58. The Morgan fingerprint density at radius 2 is 1.47 bits per heavy atom. The van der Waals surface area contributed by atoms with Crippen molar-refractivity contribution >= 4 is 23.3 Å². The van der Waals surface area contributed by atoms with Crippen molar-refractivity contribution in [3.63, 3.8) is 0 Å². The molecule has 2 aromatic carbocycles. The Kier molecular flexibility index (Phi) is 6.34. The lowest BCUT2D eigenvalue weighted by atomic mass is 9.95. The van der Waals surface area contributed by atoms with Gasteiger partial charge in [-0.05, 0) is 43.4 Å². The summed E-state index contributed by atoms with van der Waals surface area (Å²) in [7, 11) is 0. The number of amides is 1. The van der Waals surface area contributed by atoms with Crippen LogP contribution in [0.1, 0.15) is 31.2 Å². The molecule has 160 valence electrons. The van der Waals surface area contributed by atoms with Crippen molar-refractivity contribution in [1.29, 1.82) is 0 Å². The van der Waals surface area contributed by atoms with Crippen molar-refractivity contribution < 1.29 is 27.9 Å². The van der Waals surface area contributed by atoms with Crippen LogP contribution in [0.3, 0.4) is 0 Å². The molecule has 1 aliphatic heterocycles. The van der Waals surface area contributed by atoms with Gasteiger partial charge in [0.05, 0.1) is 16.8 Å². The zero-order chi connectivity index (χ0) is 21.8. The maximum absolute atomic E-state index is 12.9. The molecule has 0 bridgehead atoms. The van der Waals surface area contributed by atoms with Gasteiger partial charge in [0.15, 0.2) is 0 Å². The summed E-state index contributed by atoms with van der Waals surface area (Å²) in [6.07, 6.45) is -0.740. The van der Waals surface area contributed by atoms with E-state index < -0.39 is 12.1 Å². The van der Waals surface area contributed by atoms with Crippen molar-refractivity contribution in [2.24, 2.45) is 0 Å². The maximum Gasteiger partial charge on any atom is 0.490 e. The molecule has 0 atom stereocenters. The van der Waals surface area contributed by atoms with Gasteiger partial charge in [-0.1, -0.05) is 42.5 Å². The van der Waals surface area contributed by atoms with E-state index in [4.69, 9.17) is 9.90 Å². The van der Waals surface area contributed by atoms with E-state index >= 15 is 0 Å². The lowest BCUT2D eigenvalue weighted by molar-refractivity contribution is -0.192. The molecule has 2 aromatic rings. The number of carbonyl (C=O) groups is 2. The number of carboxylic acid groups (broad SMARTS) is 1. The standard InChI is InChI=1S/C20H22N2O.C2HF3O2/c23-19(20(12-13-20)16-8-2-1-3-9-16)21-17-10-4-5-11-18(17)22-14-6-7-15-22;3-2(4,5)1(6)7/h1-5,8-11H,6-7,12-15H2,(H,21,23);(H,6,7). The van der Waals surface area contributed by atoms with Crippen LogP contribution < -0.4 is 10.2 Å². The summed E-state index contributed by atoms with van der Waals surface area (Å²) >= 11 is 0. The first-order valence-corrected chi connectivity index (χ1v) is 9.75. The molecule has 1 saturated carbocycles. The number of anilines is 2. The second-order valence-electron chi connectivity index (χ2n) is 7.42. The molecule has 2 N–H and O–H groups in total. The number of aliphatic carboxylic acids is 1. The number of carbonyl (C=O) groups excluding carboxylic acids is 1. The molecule has 0 unspecified atom stereocenters. The fourth-order valence-corrected chi connectivity index (χ4v) is 3.58. The smallest absolute Gasteiger partial charge is 0.475 e. The van der Waals surface area contributed by atoms with Crippen LogP contribution in [0.15, 0.2) is 54.6 Å². The summed E-state index contributed by atoms with van der Waals surface area (Å²) in [5.74, 6) is -2.62. The van der Waals surface area contributed by atoms with Crippen molar-refractivity contribution in [1.82, 2.24) is 0 Å². The molecular formula is C22H23F3N2O3. The highest BCUT2D eigenvalue weighted by Crippen LogP contribution is 2.49. The molecular weight excluding hydrogens is 397 g/mol. The average Bonchev–Trinajstić information content (AvgIpc) is 3.36. The molecule has 5 nitrogen and oxygen atoms in total. The number of halogens is 3. The number of hydrogen-bond acceptors (Lipinski definition) is 3. The van der Waals surface area contributed by atoms with Crippen molar-refractivity contribution in [2.75, 3.05) is 23.3 Å². The van der Waals surface area contributed by atoms with Gasteiger partial charge in [0, 0.05) is 13.1 Å². The van der Waals surface area contributed by atoms with Crippen LogP contribution >= 0.6 is 0 Å². The van der Waals surface area contributed by atoms with Gasteiger partial charge in [-0.3, -0.25) is 4.79 Å². The number of carboxylic acids is 1. The second-order valence-corrected chi connectivity index (χ2v) is 7.42. The predicted molar refractivity (Wildman–Crippen MR) is 108 cm³/mol. The monoisotopic (exact) mass is 420 g/mol. The summed E-state index contributed by atoms with van der Waals surface area (Å²) in [5.41, 5.74) is 2.92. The number of benzene rings is 2. The fraction of sp³-hybridized carbons (Fsp3) is 0.364. The van der Waals surface area contributed by atoms with Gasteiger partial charge < -0.3 is 15.3 Å². The average molecular weight is 420 g/mol. The third-order valence-corrected chi connectivity index (χ3v) is 5.35. The number of nitrogens with zero attached hydrogens (tertiary/aromatic N) is 1. The van der Waals surface area contributed by atoms with E-state index in [0.717, 1.165) is 42.9 Å². The number of nitrogens with one attached hydrogen (secondary N) is 1. The highest BCUT2D eigenvalue weighted by molar-refractivity contribution is 6.03. The Balaban J connectivity index is 0.000000318. The molecule has 30 heavy (non-hydrogen) atoms. The van der Waals surface area contributed by atoms with Gasteiger partial charge in [0.2, 0.25) is 5.91 Å². The van der Waals surface area contributed by atoms with Crippen LogP contribution in [0.25, 0.3) is 0 Å². The zero-order valence-electron chi connectivity index (χ0n) is 16.3. The molecule has 2 fully saturated rings. The third kappa shape index (κ3) is 4.93. The first kappa shape index (κ1) is 21.7. The third-order valence-electron chi connectivity index (χ3n) is 5.35. The summed E-state index contributed by atoms with van der Waals surface area (Å²) in [6, 6.07) is 18.3. The highest BCUT2D eigenvalue weighted by Gasteiger charge is 2.51. The van der Waals surface area contributed by atoms with Crippen LogP contribution in [0.4, 0.5) is 24.5 Å². The Bertz CT molecular complexity index is 890. The molecule has 2 aliphatic rings. The SMILES string of the molecule is O=C(Nc1ccccc1N1CCCC1)C1(c2ccccc2)CC1.O=C(O)C(F)(F)F. The van der Waals surface area contributed by atoms with Crippen molar-refractivity contribution in [3.8, 4) is 0 Å². The van der Waals surface area contributed by atoms with Crippen LogP contribution in [0, 0.1) is 0 Å². The van der Waals surface area contributed by atoms with Gasteiger partial charge in [-0.2, -0.15) is 13.2 Å². The molecule has 0 spiro atoms. The minimum Gasteiger partial charge on any atom is -0.475 e. The lowest BCUT2D eigenvalue weighted by Gasteiger charge is -2.23. The van der Waals surface area contributed by atoms with E-state index in [1.165, 1.54) is 12.8 Å². The maximum atomic E-state index is 12.9. The number of rotatable bonds is 4. The largest absolute Gasteiger partial charge is 0.490 e. The van der Waals surface area contributed by atoms with E-state index in [2.05, 4.69) is 28.4 Å². The zero-order valence-corrected chi connectivity index (χ0v) is 16.3. The van der Waals surface area contributed by atoms with Crippen molar-refractivity contribution in [3.05, 3.63) is 60.2 Å². The Morgan fingerprint density at radius 1 is 0.933 bits per heavy atom. The van der Waals surface area contributed by atoms with Gasteiger partial charge >= 0.3 is 12.1 Å². The molecule has 0 aromatic heterocycles. The quantitative estimate of drug-likeness (QED) is 0.759. The van der Waals surface area contributed by atoms with Crippen molar-refractivity contribution in [2.45, 2.75) is 37.3 Å². The number of para-hydroxylation sites is 2. The molecule has 1 heterocycles. The number of alkyl halides is 3. The van der Waals surface area contributed by atoms with Gasteiger partial charge in [0.1, 0.15) is 0 Å². The summed E-state index contributed by atoms with van der Waals surface area (Å²) in [4.78, 5) is 24.2. The highest BCUT2D eigenvalue weighted by atomic mass is 19.4. The topological polar surface area (TPSA) is 69.6 Å². The Hall–Kier alpha value is -3.03. The van der Waals surface area contributed by atoms with Crippen LogP contribution in [0.2, 0.25) is 0 Å². The molecule has 8 heteroatoms. The van der Waals surface area contributed by atoms with Gasteiger partial charge in [-0.15, -0.1) is 0 Å². The Morgan fingerprint density at radius 3 is 2.00 bits per heavy atom. The first-order valence-electron chi connectivity index (χ1n) is 9.75. The summed E-state index contributed by atoms with van der Waals surface area (Å²) in [6.45, 7) is 2.16. The van der Waals surface area contributed by atoms with E-state index in [9.17, 15) is 18.0 Å². The summed E-state index contributed by atoms with van der Waals surface area (Å²) in [5, 5.41) is 10.3. The van der Waals surface area contributed by atoms with E-state index in [1.54, 1.807) is 0 Å². The minimum absolute atomic E-state index is 0.135. The molecule has 4 rings (SSSR count). The van der Waals surface area contributed by atoms with E-state index in [1.807, 2.05) is 36.4 Å². The lowest BCUT2D eigenvalue weighted by Crippen LogP contribution is -2.29. The molecule has 0 radical (unpaired) electrons. The molecule has 1 aliphatic carbocycles. The normalized spacial score (nSPS) is 17.0. The van der Waals surface area contributed by atoms with Crippen LogP contribution in [0.5, 0.6) is 0 Å². The van der Waals surface area contributed by atoms with Crippen LogP contribution in [-0.4, -0.2) is 36.2 Å². The predicted octanol–water partition coefficient (Wildman–Crippen LogP) is 4.59. The molecule has 1 saturated heterocycles. The van der Waals surface area contributed by atoms with Gasteiger partial charge in [0.25, 0.3) is 0 Å².